The van der Waals surface area contributed by atoms with Gasteiger partial charge in [-0.2, -0.15) is 0 Å². The summed E-state index contributed by atoms with van der Waals surface area (Å²) in [5.41, 5.74) is 1.68. The van der Waals surface area contributed by atoms with Crippen molar-refractivity contribution in [1.82, 2.24) is 4.98 Å². The zero-order valence-electron chi connectivity index (χ0n) is 18.0. The zero-order chi connectivity index (χ0) is 23.6. The van der Waals surface area contributed by atoms with Gasteiger partial charge in [-0.1, -0.05) is 72.3 Å². The number of rotatable bonds is 5. The van der Waals surface area contributed by atoms with Gasteiger partial charge in [0.05, 0.1) is 7.11 Å². The minimum Gasteiger partial charge on any atom is -0.507 e. The van der Waals surface area contributed by atoms with Crippen LogP contribution in [0, 0.1) is 17.7 Å². The molecule has 0 atom stereocenters. The molecular formula is C27H20F2NO3Pt-. The van der Waals surface area contributed by atoms with Crippen LogP contribution >= 0.6 is 0 Å². The second kappa shape index (κ2) is 13.2. The van der Waals surface area contributed by atoms with E-state index in [4.69, 9.17) is 4.74 Å². The van der Waals surface area contributed by atoms with Gasteiger partial charge in [0.25, 0.3) is 0 Å². The van der Waals surface area contributed by atoms with Gasteiger partial charge in [0, 0.05) is 56.1 Å². The number of ketones is 1. The van der Waals surface area contributed by atoms with Gasteiger partial charge >= 0.3 is 0 Å². The van der Waals surface area contributed by atoms with Gasteiger partial charge < -0.3 is 14.8 Å². The van der Waals surface area contributed by atoms with Gasteiger partial charge in [-0.05, 0) is 17.8 Å². The summed E-state index contributed by atoms with van der Waals surface area (Å²) in [4.78, 5) is 15.8. The van der Waals surface area contributed by atoms with Crippen molar-refractivity contribution in [3.05, 3.63) is 126 Å². The van der Waals surface area contributed by atoms with Crippen molar-refractivity contribution in [2.75, 3.05) is 7.11 Å². The molecule has 0 saturated heterocycles. The van der Waals surface area contributed by atoms with E-state index in [0.717, 1.165) is 12.1 Å². The van der Waals surface area contributed by atoms with E-state index in [1.165, 1.54) is 19.4 Å². The molecule has 0 spiro atoms. The SMILES string of the molecule is COc1ccnc(-c2[c-]cc(F)cc2F)c1.O=C(/C=C(\O)c1ccccc1)c1ccccc1.[Pt]. The molecule has 0 aliphatic carbocycles. The molecule has 3 aromatic carbocycles. The number of carbonyl (C=O) groups excluding carboxylic acids is 1. The molecule has 4 nitrogen and oxygen atoms in total. The summed E-state index contributed by atoms with van der Waals surface area (Å²) in [5, 5.41) is 9.79. The van der Waals surface area contributed by atoms with Gasteiger partial charge in [-0.25, -0.2) is 0 Å². The predicted octanol–water partition coefficient (Wildman–Crippen LogP) is 6.30. The van der Waals surface area contributed by atoms with E-state index in [9.17, 15) is 18.7 Å². The third kappa shape index (κ3) is 7.46. The fourth-order valence-corrected chi connectivity index (χ4v) is 2.82. The minimum absolute atomic E-state index is 0. The molecule has 0 amide bonds. The number of aliphatic hydroxyl groups excluding tert-OH is 1. The third-order valence-corrected chi connectivity index (χ3v) is 4.48. The Balaban J connectivity index is 0.000000234. The third-order valence-electron chi connectivity index (χ3n) is 4.48. The Kier molecular flexibility index (Phi) is 10.3. The van der Waals surface area contributed by atoms with Gasteiger partial charge in [0.2, 0.25) is 0 Å². The topological polar surface area (TPSA) is 59.4 Å². The number of hydrogen-bond donors (Lipinski definition) is 1. The van der Waals surface area contributed by atoms with E-state index in [-0.39, 0.29) is 38.2 Å². The van der Waals surface area contributed by atoms with Crippen LogP contribution in [0.25, 0.3) is 17.0 Å². The summed E-state index contributed by atoms with van der Waals surface area (Å²) in [6, 6.07) is 25.4. The average molecular weight is 640 g/mol. The van der Waals surface area contributed by atoms with Crippen molar-refractivity contribution in [1.29, 1.82) is 0 Å². The molecule has 1 heterocycles. The van der Waals surface area contributed by atoms with Crippen LogP contribution in [0.1, 0.15) is 15.9 Å². The molecule has 4 aromatic rings. The maximum atomic E-state index is 13.4. The van der Waals surface area contributed by atoms with Crippen molar-refractivity contribution >= 4 is 11.5 Å². The summed E-state index contributed by atoms with van der Waals surface area (Å²) in [5.74, 6) is -1.02. The maximum Gasteiger partial charge on any atom is 0.189 e. The first-order valence-electron chi connectivity index (χ1n) is 9.90. The summed E-state index contributed by atoms with van der Waals surface area (Å²) in [7, 11) is 1.50. The van der Waals surface area contributed by atoms with Crippen LogP contribution in [-0.4, -0.2) is 23.0 Å². The quantitative estimate of drug-likeness (QED) is 0.121. The molecule has 0 aliphatic rings. The number of aromatic nitrogens is 1. The maximum absolute atomic E-state index is 13.4. The molecule has 34 heavy (non-hydrogen) atoms. The molecule has 0 radical (unpaired) electrons. The summed E-state index contributed by atoms with van der Waals surface area (Å²) < 4.78 is 31.1. The van der Waals surface area contributed by atoms with Crippen LogP contribution in [0.4, 0.5) is 8.78 Å². The molecule has 0 fully saturated rings. The molecular weight excluding hydrogens is 619 g/mol. The van der Waals surface area contributed by atoms with Crippen molar-refractivity contribution in [3.8, 4) is 17.0 Å². The predicted molar refractivity (Wildman–Crippen MR) is 123 cm³/mol. The standard InChI is InChI=1S/C15H12O2.C12H8F2NO.Pt/c16-14(12-7-3-1-4-8-12)11-15(17)13-9-5-2-6-10-13;1-16-9-4-5-15-12(7-9)10-3-2-8(13)6-11(10)14;/h1-11,16H;2,4-7H,1H3;/q;-1;/b14-11-;;. The van der Waals surface area contributed by atoms with Gasteiger partial charge in [0.1, 0.15) is 11.5 Å². The van der Waals surface area contributed by atoms with Crippen LogP contribution in [0.5, 0.6) is 5.75 Å². The number of nitrogens with zero attached hydrogens (tertiary/aromatic N) is 1. The van der Waals surface area contributed by atoms with E-state index in [0.29, 0.717) is 22.6 Å². The van der Waals surface area contributed by atoms with Gasteiger partial charge in [-0.15, -0.1) is 12.1 Å². The minimum atomic E-state index is -0.694. The Bertz CT molecular complexity index is 1250. The van der Waals surface area contributed by atoms with Crippen molar-refractivity contribution in [2.24, 2.45) is 0 Å². The smallest absolute Gasteiger partial charge is 0.189 e. The molecule has 0 saturated carbocycles. The van der Waals surface area contributed by atoms with Gasteiger partial charge in [0.15, 0.2) is 5.78 Å². The summed E-state index contributed by atoms with van der Waals surface area (Å²) in [6.45, 7) is 0. The number of methoxy groups -OCH3 is 1. The van der Waals surface area contributed by atoms with Crippen molar-refractivity contribution in [3.63, 3.8) is 0 Å². The summed E-state index contributed by atoms with van der Waals surface area (Å²) >= 11 is 0. The first-order valence-corrected chi connectivity index (χ1v) is 9.90. The number of benzene rings is 3. The first-order chi connectivity index (χ1) is 16.0. The van der Waals surface area contributed by atoms with Crippen LogP contribution in [-0.2, 0) is 21.1 Å². The van der Waals surface area contributed by atoms with Crippen molar-refractivity contribution in [2.45, 2.75) is 0 Å². The number of aliphatic hydroxyl groups is 1. The number of allylic oxidation sites excluding steroid dienone is 1. The fourth-order valence-electron chi connectivity index (χ4n) is 2.82. The Hall–Kier alpha value is -3.63. The van der Waals surface area contributed by atoms with E-state index in [1.54, 1.807) is 48.5 Å². The Morgan fingerprint density at radius 2 is 1.59 bits per heavy atom. The molecule has 7 heteroatoms. The second-order valence-corrected chi connectivity index (χ2v) is 6.75. The Labute approximate surface area is 210 Å². The molecule has 0 bridgehead atoms. The van der Waals surface area contributed by atoms with E-state index in [2.05, 4.69) is 11.1 Å². The van der Waals surface area contributed by atoms with Crippen LogP contribution in [0.2, 0.25) is 0 Å². The molecule has 1 aromatic heterocycles. The monoisotopic (exact) mass is 639 g/mol. The largest absolute Gasteiger partial charge is 0.507 e. The molecule has 0 unspecified atom stereocenters. The number of pyridine rings is 1. The molecule has 0 aliphatic heterocycles. The van der Waals surface area contributed by atoms with Crippen LogP contribution in [0.15, 0.2) is 97.2 Å². The van der Waals surface area contributed by atoms with Crippen LogP contribution < -0.4 is 4.74 Å². The number of hydrogen-bond acceptors (Lipinski definition) is 4. The molecule has 176 valence electrons. The van der Waals surface area contributed by atoms with Crippen LogP contribution in [0.3, 0.4) is 0 Å². The zero-order valence-corrected chi connectivity index (χ0v) is 20.3. The molecule has 1 N–H and O–H groups in total. The average Bonchev–Trinajstić information content (AvgIpc) is 2.85. The van der Waals surface area contributed by atoms with E-state index < -0.39 is 11.6 Å². The molecule has 4 rings (SSSR count). The Morgan fingerprint density at radius 3 is 2.18 bits per heavy atom. The normalized spacial score (nSPS) is 10.4. The number of ether oxygens (including phenoxy) is 1. The van der Waals surface area contributed by atoms with Gasteiger partial charge in [-0.3, -0.25) is 13.6 Å². The number of carbonyl (C=O) groups is 1. The second-order valence-electron chi connectivity index (χ2n) is 6.75. The fraction of sp³-hybridized carbons (Fsp3) is 0.0370. The first kappa shape index (κ1) is 26.6. The number of halogens is 2. The van der Waals surface area contributed by atoms with Crippen molar-refractivity contribution < 1.29 is 44.5 Å². The van der Waals surface area contributed by atoms with E-state index >= 15 is 0 Å². The summed E-state index contributed by atoms with van der Waals surface area (Å²) in [6.07, 6.45) is 2.73. The Morgan fingerprint density at radius 1 is 0.971 bits per heavy atom. The van der Waals surface area contributed by atoms with E-state index in [1.807, 2.05) is 24.3 Å².